The average Bonchev–Trinajstić information content (AvgIpc) is 2.15. The van der Waals surface area contributed by atoms with Gasteiger partial charge in [-0.05, 0) is 20.4 Å². The molecule has 0 aliphatic heterocycles. The maximum atomic E-state index is 5.36. The molecule has 0 N–H and O–H groups in total. The Morgan fingerprint density at radius 1 is 1.23 bits per heavy atom. The Morgan fingerprint density at radius 2 is 1.85 bits per heavy atom. The maximum Gasteiger partial charge on any atom is 0.136 e. The Morgan fingerprint density at radius 3 is 2.23 bits per heavy atom. The summed E-state index contributed by atoms with van der Waals surface area (Å²) < 4.78 is 10.6. The fourth-order valence-corrected chi connectivity index (χ4v) is 1.38. The van der Waals surface area contributed by atoms with Gasteiger partial charge in [0.05, 0.1) is 6.10 Å². The zero-order valence-corrected chi connectivity index (χ0v) is 9.54. The third kappa shape index (κ3) is 4.60. The van der Waals surface area contributed by atoms with Crippen molar-refractivity contribution in [1.29, 1.82) is 0 Å². The van der Waals surface area contributed by atoms with Gasteiger partial charge in [-0.3, -0.25) is 4.90 Å². The van der Waals surface area contributed by atoms with Crippen molar-refractivity contribution in [2.45, 2.75) is 39.0 Å². The van der Waals surface area contributed by atoms with Crippen LogP contribution in [0.25, 0.3) is 0 Å². The first kappa shape index (κ1) is 12.9. The first-order valence-electron chi connectivity index (χ1n) is 4.93. The van der Waals surface area contributed by atoms with E-state index >= 15 is 0 Å². The van der Waals surface area contributed by atoms with E-state index in [1.807, 2.05) is 6.92 Å². The van der Waals surface area contributed by atoms with Gasteiger partial charge in [0.15, 0.2) is 0 Å². The van der Waals surface area contributed by atoms with Crippen LogP contribution in [0.15, 0.2) is 0 Å². The Kier molecular flexibility index (Phi) is 7.23. The van der Waals surface area contributed by atoms with E-state index < -0.39 is 0 Å². The van der Waals surface area contributed by atoms with Crippen LogP contribution in [0.5, 0.6) is 0 Å². The van der Waals surface area contributed by atoms with Crippen molar-refractivity contribution in [3.63, 3.8) is 0 Å². The summed E-state index contributed by atoms with van der Waals surface area (Å²) in [5, 5.41) is 0. The summed E-state index contributed by atoms with van der Waals surface area (Å²) in [5.74, 6) is 0. The van der Waals surface area contributed by atoms with Gasteiger partial charge in [-0.25, -0.2) is 0 Å². The smallest absolute Gasteiger partial charge is 0.136 e. The number of likely N-dealkylation sites (N-methyl/N-ethyl adjacent to an activating group) is 1. The van der Waals surface area contributed by atoms with Crippen LogP contribution in [0.3, 0.4) is 0 Å². The minimum Gasteiger partial charge on any atom is -0.378 e. The Balaban J connectivity index is 3.90. The highest BCUT2D eigenvalue weighted by molar-refractivity contribution is 4.65. The predicted molar refractivity (Wildman–Crippen MR) is 54.8 cm³/mol. The molecule has 2 atom stereocenters. The molecule has 0 saturated carbocycles. The molecule has 0 amide bonds. The third-order valence-electron chi connectivity index (χ3n) is 2.31. The molecule has 0 aliphatic carbocycles. The molecule has 3 nitrogen and oxygen atoms in total. The lowest BCUT2D eigenvalue weighted by molar-refractivity contribution is -0.103. The predicted octanol–water partition coefficient (Wildman–Crippen LogP) is 1.73. The number of methoxy groups -OCH3 is 2. The molecule has 0 aromatic carbocycles. The van der Waals surface area contributed by atoms with Gasteiger partial charge in [0, 0.05) is 20.8 Å². The quantitative estimate of drug-likeness (QED) is 0.569. The van der Waals surface area contributed by atoms with Crippen LogP contribution < -0.4 is 0 Å². The van der Waals surface area contributed by atoms with E-state index in [1.54, 1.807) is 14.2 Å². The topological polar surface area (TPSA) is 21.7 Å². The molecule has 0 aromatic heterocycles. The molecule has 0 fully saturated rings. The highest BCUT2D eigenvalue weighted by Crippen LogP contribution is 2.07. The largest absolute Gasteiger partial charge is 0.378 e. The van der Waals surface area contributed by atoms with E-state index in [4.69, 9.17) is 9.47 Å². The van der Waals surface area contributed by atoms with E-state index in [2.05, 4.69) is 18.9 Å². The lowest BCUT2D eigenvalue weighted by Crippen LogP contribution is -2.42. The first-order chi connectivity index (χ1) is 6.17. The number of ether oxygens (including phenoxy) is 2. The van der Waals surface area contributed by atoms with Gasteiger partial charge in [0.2, 0.25) is 0 Å². The van der Waals surface area contributed by atoms with Crippen molar-refractivity contribution in [2.24, 2.45) is 0 Å². The summed E-state index contributed by atoms with van der Waals surface area (Å²) in [7, 11) is 5.51. The fourth-order valence-electron chi connectivity index (χ4n) is 1.38. The van der Waals surface area contributed by atoms with E-state index in [9.17, 15) is 0 Å². The molecule has 2 unspecified atom stereocenters. The van der Waals surface area contributed by atoms with Gasteiger partial charge in [-0.2, -0.15) is 0 Å². The molecule has 3 heteroatoms. The van der Waals surface area contributed by atoms with E-state index in [1.165, 1.54) is 12.8 Å². The average molecular weight is 189 g/mol. The third-order valence-corrected chi connectivity index (χ3v) is 2.31. The molecule has 0 rings (SSSR count). The summed E-state index contributed by atoms with van der Waals surface area (Å²) >= 11 is 0. The van der Waals surface area contributed by atoms with Crippen LogP contribution in [-0.2, 0) is 9.47 Å². The van der Waals surface area contributed by atoms with Gasteiger partial charge in [0.1, 0.15) is 6.23 Å². The second-order valence-electron chi connectivity index (χ2n) is 3.40. The molecular formula is C10H23NO2. The summed E-state index contributed by atoms with van der Waals surface area (Å²) in [6, 6.07) is 0. The number of unbranched alkanes of at least 4 members (excludes halogenated alkanes) is 1. The van der Waals surface area contributed by atoms with Crippen molar-refractivity contribution < 1.29 is 9.47 Å². The minimum absolute atomic E-state index is 0.0662. The van der Waals surface area contributed by atoms with E-state index in [0.29, 0.717) is 0 Å². The van der Waals surface area contributed by atoms with Crippen LogP contribution in [0.4, 0.5) is 0 Å². The SMILES string of the molecule is CCCCN(C)C(OC)C(C)OC. The van der Waals surface area contributed by atoms with Crippen molar-refractivity contribution in [3.8, 4) is 0 Å². The molecule has 0 aromatic rings. The van der Waals surface area contributed by atoms with Crippen molar-refractivity contribution in [1.82, 2.24) is 4.90 Å². The molecule has 0 bridgehead atoms. The Bertz CT molecular complexity index is 119. The van der Waals surface area contributed by atoms with Crippen LogP contribution in [0, 0.1) is 0 Å². The normalized spacial score (nSPS) is 16.2. The lowest BCUT2D eigenvalue weighted by Gasteiger charge is -2.30. The zero-order chi connectivity index (χ0) is 10.3. The van der Waals surface area contributed by atoms with Crippen LogP contribution in [0.1, 0.15) is 26.7 Å². The molecule has 0 aliphatic rings. The number of hydrogen-bond acceptors (Lipinski definition) is 3. The molecule has 0 saturated heterocycles. The lowest BCUT2D eigenvalue weighted by atomic mass is 10.2. The van der Waals surface area contributed by atoms with E-state index in [0.717, 1.165) is 6.54 Å². The molecule has 0 radical (unpaired) electrons. The molecule has 13 heavy (non-hydrogen) atoms. The van der Waals surface area contributed by atoms with Gasteiger partial charge in [0.25, 0.3) is 0 Å². The summed E-state index contributed by atoms with van der Waals surface area (Å²) in [5.41, 5.74) is 0. The number of rotatable bonds is 7. The zero-order valence-electron chi connectivity index (χ0n) is 9.54. The first-order valence-corrected chi connectivity index (χ1v) is 4.93. The van der Waals surface area contributed by atoms with E-state index in [-0.39, 0.29) is 12.3 Å². The molecule has 0 spiro atoms. The van der Waals surface area contributed by atoms with Crippen LogP contribution >= 0.6 is 0 Å². The second-order valence-corrected chi connectivity index (χ2v) is 3.40. The monoisotopic (exact) mass is 189 g/mol. The van der Waals surface area contributed by atoms with Crippen molar-refractivity contribution in [3.05, 3.63) is 0 Å². The Labute approximate surface area is 82.0 Å². The molecule has 0 heterocycles. The Hall–Kier alpha value is -0.120. The van der Waals surface area contributed by atoms with Gasteiger partial charge in [-0.1, -0.05) is 13.3 Å². The number of hydrogen-bond donors (Lipinski definition) is 0. The highest BCUT2D eigenvalue weighted by atomic mass is 16.5. The second kappa shape index (κ2) is 7.30. The van der Waals surface area contributed by atoms with Gasteiger partial charge >= 0.3 is 0 Å². The van der Waals surface area contributed by atoms with Gasteiger partial charge < -0.3 is 9.47 Å². The maximum absolute atomic E-state index is 5.36. The standard InChI is InChI=1S/C10H23NO2/c1-6-7-8-11(3)10(13-5)9(2)12-4/h9-10H,6-8H2,1-5H3. The molecular weight excluding hydrogens is 166 g/mol. The van der Waals surface area contributed by atoms with Crippen LogP contribution in [-0.4, -0.2) is 45.0 Å². The number of nitrogens with zero attached hydrogens (tertiary/aromatic N) is 1. The summed E-state index contributed by atoms with van der Waals surface area (Å²) in [6.45, 7) is 5.27. The summed E-state index contributed by atoms with van der Waals surface area (Å²) in [4.78, 5) is 2.19. The fraction of sp³-hybridized carbons (Fsp3) is 1.00. The van der Waals surface area contributed by atoms with Gasteiger partial charge in [-0.15, -0.1) is 0 Å². The molecule has 80 valence electrons. The van der Waals surface area contributed by atoms with Crippen molar-refractivity contribution in [2.75, 3.05) is 27.8 Å². The summed E-state index contributed by atoms with van der Waals surface area (Å²) in [6.07, 6.45) is 2.60. The van der Waals surface area contributed by atoms with Crippen molar-refractivity contribution >= 4 is 0 Å². The minimum atomic E-state index is 0.0662. The van der Waals surface area contributed by atoms with Crippen LogP contribution in [0.2, 0.25) is 0 Å². The highest BCUT2D eigenvalue weighted by Gasteiger charge is 2.20.